The molecular formula is C15H10F3NO. The Balaban J connectivity index is 2.07. The second-order valence-electron chi connectivity index (χ2n) is 4.09. The van der Waals surface area contributed by atoms with E-state index in [4.69, 9.17) is 10.00 Å². The first-order valence-electron chi connectivity index (χ1n) is 5.79. The minimum Gasteiger partial charge on any atom is -0.488 e. The van der Waals surface area contributed by atoms with Crippen molar-refractivity contribution in [2.45, 2.75) is 12.8 Å². The highest BCUT2D eigenvalue weighted by molar-refractivity contribution is 5.42. The standard InChI is InChI=1S/C15H10F3NO/c16-15(17,18)13-7-5-11(6-8-13)10-20-14-4-2-1-3-12(14)9-19/h1-8H,10H2. The third-order valence-electron chi connectivity index (χ3n) is 2.68. The molecule has 20 heavy (non-hydrogen) atoms. The third-order valence-corrected chi connectivity index (χ3v) is 2.68. The minimum absolute atomic E-state index is 0.108. The van der Waals surface area contributed by atoms with E-state index in [2.05, 4.69) is 0 Å². The molecule has 0 unspecified atom stereocenters. The van der Waals surface area contributed by atoms with E-state index in [-0.39, 0.29) is 6.61 Å². The van der Waals surface area contributed by atoms with Crippen molar-refractivity contribution < 1.29 is 17.9 Å². The summed E-state index contributed by atoms with van der Waals surface area (Å²) in [5.41, 5.74) is 0.295. The number of hydrogen-bond donors (Lipinski definition) is 0. The molecule has 0 saturated carbocycles. The SMILES string of the molecule is N#Cc1ccccc1OCc1ccc(C(F)(F)F)cc1. The van der Waals surface area contributed by atoms with Gasteiger partial charge in [-0.2, -0.15) is 18.4 Å². The zero-order chi connectivity index (χ0) is 14.6. The predicted molar refractivity (Wildman–Crippen MR) is 66.9 cm³/mol. The summed E-state index contributed by atoms with van der Waals surface area (Å²) in [6.07, 6.45) is -4.34. The predicted octanol–water partition coefficient (Wildman–Crippen LogP) is 4.16. The van der Waals surface area contributed by atoms with Crippen molar-refractivity contribution >= 4 is 0 Å². The number of alkyl halides is 3. The Labute approximate surface area is 114 Å². The van der Waals surface area contributed by atoms with Gasteiger partial charge in [-0.1, -0.05) is 24.3 Å². The molecule has 2 aromatic rings. The molecule has 2 rings (SSSR count). The van der Waals surface area contributed by atoms with E-state index in [1.807, 2.05) is 6.07 Å². The third kappa shape index (κ3) is 3.29. The van der Waals surface area contributed by atoms with Gasteiger partial charge in [0.25, 0.3) is 0 Å². The molecule has 0 aliphatic rings. The van der Waals surface area contributed by atoms with Crippen LogP contribution in [0.1, 0.15) is 16.7 Å². The van der Waals surface area contributed by atoms with Crippen LogP contribution in [-0.4, -0.2) is 0 Å². The van der Waals surface area contributed by atoms with Crippen molar-refractivity contribution in [3.8, 4) is 11.8 Å². The summed E-state index contributed by atoms with van der Waals surface area (Å²) in [6, 6.07) is 13.4. The summed E-state index contributed by atoms with van der Waals surface area (Å²) >= 11 is 0. The van der Waals surface area contributed by atoms with Crippen LogP contribution in [-0.2, 0) is 12.8 Å². The molecule has 5 heteroatoms. The van der Waals surface area contributed by atoms with Crippen LogP contribution >= 0.6 is 0 Å². The van der Waals surface area contributed by atoms with Gasteiger partial charge >= 0.3 is 6.18 Å². The molecule has 0 bridgehead atoms. The zero-order valence-electron chi connectivity index (χ0n) is 10.3. The van der Waals surface area contributed by atoms with Gasteiger partial charge in [0.2, 0.25) is 0 Å². The summed E-state index contributed by atoms with van der Waals surface area (Å²) < 4.78 is 42.6. The molecule has 0 atom stereocenters. The molecule has 0 amide bonds. The van der Waals surface area contributed by atoms with Crippen LogP contribution in [0.4, 0.5) is 13.2 Å². The normalized spacial score (nSPS) is 10.9. The molecule has 0 aromatic heterocycles. The van der Waals surface area contributed by atoms with Gasteiger partial charge in [0.05, 0.1) is 11.1 Å². The summed E-state index contributed by atoms with van der Waals surface area (Å²) in [4.78, 5) is 0. The summed E-state index contributed by atoms with van der Waals surface area (Å²) in [7, 11) is 0. The summed E-state index contributed by atoms with van der Waals surface area (Å²) in [5.74, 6) is 0.412. The van der Waals surface area contributed by atoms with E-state index >= 15 is 0 Å². The number of ether oxygens (including phenoxy) is 1. The van der Waals surface area contributed by atoms with Crippen molar-refractivity contribution in [2.75, 3.05) is 0 Å². The summed E-state index contributed by atoms with van der Waals surface area (Å²) in [5, 5.41) is 8.89. The second kappa shape index (κ2) is 5.66. The van der Waals surface area contributed by atoms with Crippen LogP contribution in [0.15, 0.2) is 48.5 Å². The molecule has 0 radical (unpaired) electrons. The molecule has 0 heterocycles. The quantitative estimate of drug-likeness (QED) is 0.844. The van der Waals surface area contributed by atoms with Crippen LogP contribution in [0.5, 0.6) is 5.75 Å². The van der Waals surface area contributed by atoms with Gasteiger partial charge in [-0.15, -0.1) is 0 Å². The lowest BCUT2D eigenvalue weighted by atomic mass is 10.1. The lowest BCUT2D eigenvalue weighted by molar-refractivity contribution is -0.137. The molecule has 0 aliphatic carbocycles. The molecule has 0 fully saturated rings. The highest BCUT2D eigenvalue weighted by atomic mass is 19.4. The van der Waals surface area contributed by atoms with Crippen molar-refractivity contribution in [1.29, 1.82) is 5.26 Å². The maximum absolute atomic E-state index is 12.4. The molecule has 102 valence electrons. The largest absolute Gasteiger partial charge is 0.488 e. The van der Waals surface area contributed by atoms with Crippen LogP contribution < -0.4 is 4.74 Å². The number of para-hydroxylation sites is 1. The Hall–Kier alpha value is -2.48. The maximum Gasteiger partial charge on any atom is 0.416 e. The molecule has 2 aromatic carbocycles. The monoisotopic (exact) mass is 277 g/mol. The number of rotatable bonds is 3. The molecule has 2 nitrogen and oxygen atoms in total. The van der Waals surface area contributed by atoms with E-state index in [0.29, 0.717) is 16.9 Å². The smallest absolute Gasteiger partial charge is 0.416 e. The van der Waals surface area contributed by atoms with Gasteiger partial charge in [-0.05, 0) is 29.8 Å². The van der Waals surface area contributed by atoms with E-state index in [0.717, 1.165) is 12.1 Å². The van der Waals surface area contributed by atoms with E-state index in [1.54, 1.807) is 24.3 Å². The average Bonchev–Trinajstić information content (AvgIpc) is 2.45. The number of nitrogens with zero attached hydrogens (tertiary/aromatic N) is 1. The molecule has 0 aliphatic heterocycles. The van der Waals surface area contributed by atoms with E-state index in [1.165, 1.54) is 12.1 Å². The molecular weight excluding hydrogens is 267 g/mol. The molecule has 0 saturated heterocycles. The Bertz CT molecular complexity index is 627. The van der Waals surface area contributed by atoms with Gasteiger partial charge in [0.15, 0.2) is 0 Å². The first-order chi connectivity index (χ1) is 9.50. The van der Waals surface area contributed by atoms with Gasteiger partial charge in [0.1, 0.15) is 18.4 Å². The van der Waals surface area contributed by atoms with Crippen molar-refractivity contribution in [1.82, 2.24) is 0 Å². The first kappa shape index (κ1) is 13.9. The number of hydrogen-bond acceptors (Lipinski definition) is 2. The van der Waals surface area contributed by atoms with Crippen LogP contribution in [0.25, 0.3) is 0 Å². The topological polar surface area (TPSA) is 33.0 Å². The zero-order valence-corrected chi connectivity index (χ0v) is 10.3. The summed E-state index contributed by atoms with van der Waals surface area (Å²) in [6.45, 7) is 0.108. The fourth-order valence-electron chi connectivity index (χ4n) is 1.64. The van der Waals surface area contributed by atoms with Crippen LogP contribution in [0, 0.1) is 11.3 Å². The highest BCUT2D eigenvalue weighted by Crippen LogP contribution is 2.29. The fourth-order valence-corrected chi connectivity index (χ4v) is 1.64. The second-order valence-corrected chi connectivity index (χ2v) is 4.09. The van der Waals surface area contributed by atoms with Gasteiger partial charge in [-0.25, -0.2) is 0 Å². The number of halogens is 3. The van der Waals surface area contributed by atoms with Crippen LogP contribution in [0.3, 0.4) is 0 Å². The minimum atomic E-state index is -4.34. The van der Waals surface area contributed by atoms with E-state index < -0.39 is 11.7 Å². The number of benzene rings is 2. The Morgan fingerprint density at radius 2 is 1.65 bits per heavy atom. The van der Waals surface area contributed by atoms with E-state index in [9.17, 15) is 13.2 Å². The van der Waals surface area contributed by atoms with Crippen LogP contribution in [0.2, 0.25) is 0 Å². The Kier molecular flexibility index (Phi) is 3.94. The Morgan fingerprint density at radius 1 is 1.00 bits per heavy atom. The maximum atomic E-state index is 12.4. The van der Waals surface area contributed by atoms with Gasteiger partial charge in [0, 0.05) is 0 Å². The van der Waals surface area contributed by atoms with Crippen molar-refractivity contribution in [3.05, 3.63) is 65.2 Å². The first-order valence-corrected chi connectivity index (χ1v) is 5.79. The van der Waals surface area contributed by atoms with Gasteiger partial charge in [-0.3, -0.25) is 0 Å². The Morgan fingerprint density at radius 3 is 2.25 bits per heavy atom. The molecule has 0 N–H and O–H groups in total. The van der Waals surface area contributed by atoms with Crippen molar-refractivity contribution in [2.24, 2.45) is 0 Å². The lowest BCUT2D eigenvalue weighted by Crippen LogP contribution is -2.05. The average molecular weight is 277 g/mol. The molecule has 0 spiro atoms. The fraction of sp³-hybridized carbons (Fsp3) is 0.133. The van der Waals surface area contributed by atoms with Crippen molar-refractivity contribution in [3.63, 3.8) is 0 Å². The lowest BCUT2D eigenvalue weighted by Gasteiger charge is -2.09. The highest BCUT2D eigenvalue weighted by Gasteiger charge is 2.29. The number of nitriles is 1. The van der Waals surface area contributed by atoms with Gasteiger partial charge < -0.3 is 4.74 Å².